The van der Waals surface area contributed by atoms with Crippen LogP contribution in [0.3, 0.4) is 0 Å². The molecule has 1 heterocycles. The van der Waals surface area contributed by atoms with Crippen LogP contribution in [0.15, 0.2) is 45.9 Å². The van der Waals surface area contributed by atoms with E-state index in [9.17, 15) is 9.90 Å². The van der Waals surface area contributed by atoms with Crippen LogP contribution in [0.2, 0.25) is 0 Å². The van der Waals surface area contributed by atoms with Crippen molar-refractivity contribution >= 4 is 23.1 Å². The van der Waals surface area contributed by atoms with Crippen molar-refractivity contribution < 1.29 is 14.3 Å². The van der Waals surface area contributed by atoms with Gasteiger partial charge in [-0.3, -0.25) is 4.79 Å². The lowest BCUT2D eigenvalue weighted by molar-refractivity contribution is 0.0955. The summed E-state index contributed by atoms with van der Waals surface area (Å²) in [7, 11) is 0. The van der Waals surface area contributed by atoms with Gasteiger partial charge in [0.2, 0.25) is 0 Å². The summed E-state index contributed by atoms with van der Waals surface area (Å²) in [5, 5.41) is 16.1. The van der Waals surface area contributed by atoms with Gasteiger partial charge in [0.1, 0.15) is 17.1 Å². The highest BCUT2D eigenvalue weighted by atomic mass is 16.3. The topological polar surface area (TPSA) is 74.8 Å². The van der Waals surface area contributed by atoms with Crippen LogP contribution >= 0.6 is 0 Å². The number of aryl methyl sites for hydroxylation is 2. The van der Waals surface area contributed by atoms with Crippen molar-refractivity contribution in [3.05, 3.63) is 64.4 Å². The summed E-state index contributed by atoms with van der Waals surface area (Å²) in [4.78, 5) is 12.3. The molecule has 1 amide bonds. The quantitative estimate of drug-likeness (QED) is 0.484. The van der Waals surface area contributed by atoms with Crippen LogP contribution < -0.4 is 5.43 Å². The molecule has 150 valence electrons. The molecule has 1 aliphatic carbocycles. The maximum atomic E-state index is 12.3. The number of furan rings is 1. The fraction of sp³-hybridized carbons (Fsp3) is 0.333. The van der Waals surface area contributed by atoms with Gasteiger partial charge in [-0.05, 0) is 42.9 Å². The van der Waals surface area contributed by atoms with Gasteiger partial charge in [-0.25, -0.2) is 5.43 Å². The van der Waals surface area contributed by atoms with Crippen molar-refractivity contribution in [3.8, 4) is 5.75 Å². The third-order valence-electron chi connectivity index (χ3n) is 5.46. The van der Waals surface area contributed by atoms with Gasteiger partial charge in [0.15, 0.2) is 0 Å². The fourth-order valence-electron chi connectivity index (χ4n) is 3.95. The Bertz CT molecular complexity index is 1090. The Labute approximate surface area is 170 Å². The molecule has 5 nitrogen and oxygen atoms in total. The molecule has 1 aliphatic rings. The number of phenolic OH excluding ortho intramolecular Hbond substituents is 1. The van der Waals surface area contributed by atoms with Crippen molar-refractivity contribution in [1.82, 2.24) is 5.43 Å². The Morgan fingerprint density at radius 2 is 1.90 bits per heavy atom. The second-order valence-corrected chi connectivity index (χ2v) is 8.59. The summed E-state index contributed by atoms with van der Waals surface area (Å²) in [6.45, 7) is 6.15. The Hall–Kier alpha value is -3.08. The summed E-state index contributed by atoms with van der Waals surface area (Å²) in [6, 6.07) is 10.9. The molecule has 2 aromatic carbocycles. The number of hydrazone groups is 1. The van der Waals surface area contributed by atoms with E-state index in [1.807, 2.05) is 12.1 Å². The number of fused-ring (bicyclic) bond motifs is 3. The van der Waals surface area contributed by atoms with Gasteiger partial charge in [0, 0.05) is 34.1 Å². The lowest BCUT2D eigenvalue weighted by Gasteiger charge is -2.21. The van der Waals surface area contributed by atoms with E-state index in [-0.39, 0.29) is 17.1 Å². The molecule has 2 N–H and O–H groups in total. The van der Waals surface area contributed by atoms with Crippen LogP contribution in [0.4, 0.5) is 0 Å². The molecule has 4 rings (SSSR count). The SMILES string of the molecule is CC(C)(C)c1cc2oc3c(c2c(/C=N/NC(=O)c2ccccc2)c1O)CCCC3. The number of carbonyl (C=O) groups excluding carboxylic acids is 1. The van der Waals surface area contributed by atoms with Gasteiger partial charge in [-0.1, -0.05) is 39.0 Å². The lowest BCUT2D eigenvalue weighted by atomic mass is 9.83. The number of hydrogen-bond acceptors (Lipinski definition) is 4. The first-order valence-corrected chi connectivity index (χ1v) is 10.1. The van der Waals surface area contributed by atoms with Gasteiger partial charge < -0.3 is 9.52 Å². The average Bonchev–Trinajstić information content (AvgIpc) is 3.07. The predicted molar refractivity (Wildman–Crippen MR) is 115 cm³/mol. The van der Waals surface area contributed by atoms with Crippen LogP contribution in [-0.2, 0) is 18.3 Å². The highest BCUT2D eigenvalue weighted by Crippen LogP contribution is 2.42. The van der Waals surface area contributed by atoms with Gasteiger partial charge in [0.05, 0.1) is 6.21 Å². The first kappa shape index (κ1) is 19.2. The van der Waals surface area contributed by atoms with Crippen molar-refractivity contribution in [2.45, 2.75) is 51.9 Å². The summed E-state index contributed by atoms with van der Waals surface area (Å²) in [6.07, 6.45) is 5.59. The zero-order valence-electron chi connectivity index (χ0n) is 17.1. The molecule has 0 radical (unpaired) electrons. The van der Waals surface area contributed by atoms with Gasteiger partial charge in [-0.15, -0.1) is 0 Å². The van der Waals surface area contributed by atoms with E-state index in [0.717, 1.165) is 53.5 Å². The van der Waals surface area contributed by atoms with E-state index in [1.54, 1.807) is 24.3 Å². The van der Waals surface area contributed by atoms with Gasteiger partial charge >= 0.3 is 0 Å². The number of nitrogens with one attached hydrogen (secondary N) is 1. The molecule has 0 atom stereocenters. The zero-order valence-corrected chi connectivity index (χ0v) is 17.1. The normalized spacial score (nSPS) is 14.3. The number of rotatable bonds is 3. The third kappa shape index (κ3) is 3.65. The molecule has 5 heteroatoms. The Morgan fingerprint density at radius 3 is 2.62 bits per heavy atom. The van der Waals surface area contributed by atoms with Gasteiger partial charge in [-0.2, -0.15) is 5.10 Å². The molecule has 0 saturated heterocycles. The predicted octanol–water partition coefficient (Wildman–Crippen LogP) is 5.08. The minimum absolute atomic E-state index is 0.192. The number of nitrogens with zero attached hydrogens (tertiary/aromatic N) is 1. The number of phenols is 1. The molecule has 1 aromatic heterocycles. The zero-order chi connectivity index (χ0) is 20.6. The average molecular weight is 390 g/mol. The third-order valence-corrected chi connectivity index (χ3v) is 5.46. The second kappa shape index (κ2) is 7.39. The van der Waals surface area contributed by atoms with Gasteiger partial charge in [0.25, 0.3) is 5.91 Å². The summed E-state index contributed by atoms with van der Waals surface area (Å²) < 4.78 is 6.16. The van der Waals surface area contributed by atoms with E-state index in [4.69, 9.17) is 4.42 Å². The van der Waals surface area contributed by atoms with Crippen molar-refractivity contribution in [3.63, 3.8) is 0 Å². The largest absolute Gasteiger partial charge is 0.507 e. The smallest absolute Gasteiger partial charge is 0.271 e. The van der Waals surface area contributed by atoms with E-state index < -0.39 is 0 Å². The Kier molecular flexibility index (Phi) is 4.91. The van der Waals surface area contributed by atoms with E-state index in [2.05, 4.69) is 31.3 Å². The van der Waals surface area contributed by atoms with Crippen LogP contribution in [0.5, 0.6) is 5.75 Å². The van der Waals surface area contributed by atoms with Crippen molar-refractivity contribution in [2.24, 2.45) is 5.10 Å². The van der Waals surface area contributed by atoms with Crippen LogP contribution in [-0.4, -0.2) is 17.2 Å². The van der Waals surface area contributed by atoms with Crippen LogP contribution in [0, 0.1) is 0 Å². The van der Waals surface area contributed by atoms with Crippen molar-refractivity contribution in [1.29, 1.82) is 0 Å². The molecule has 3 aromatic rings. The Balaban J connectivity index is 1.78. The summed E-state index contributed by atoms with van der Waals surface area (Å²) in [5.41, 5.74) is 6.15. The minimum atomic E-state index is -0.293. The number of benzene rings is 2. The highest BCUT2D eigenvalue weighted by molar-refractivity contribution is 6.04. The van der Waals surface area contributed by atoms with E-state index in [1.165, 1.54) is 6.21 Å². The first-order valence-electron chi connectivity index (χ1n) is 10.1. The fourth-order valence-corrected chi connectivity index (χ4v) is 3.95. The van der Waals surface area contributed by atoms with Crippen molar-refractivity contribution in [2.75, 3.05) is 0 Å². The molecule has 0 saturated carbocycles. The van der Waals surface area contributed by atoms with E-state index >= 15 is 0 Å². The molecule has 0 bridgehead atoms. The number of hydrogen-bond donors (Lipinski definition) is 2. The first-order chi connectivity index (χ1) is 13.9. The molecule has 0 aliphatic heterocycles. The van der Waals surface area contributed by atoms with Crippen LogP contribution in [0.1, 0.15) is 66.4 Å². The van der Waals surface area contributed by atoms with Crippen LogP contribution in [0.25, 0.3) is 11.0 Å². The number of amides is 1. The summed E-state index contributed by atoms with van der Waals surface area (Å²) >= 11 is 0. The molecule has 0 fully saturated rings. The minimum Gasteiger partial charge on any atom is -0.507 e. The maximum absolute atomic E-state index is 12.3. The molecule has 29 heavy (non-hydrogen) atoms. The maximum Gasteiger partial charge on any atom is 0.271 e. The number of carbonyl (C=O) groups is 1. The molecular formula is C24H26N2O3. The van der Waals surface area contributed by atoms with E-state index in [0.29, 0.717) is 11.1 Å². The molecule has 0 unspecified atom stereocenters. The summed E-state index contributed by atoms with van der Waals surface area (Å²) in [5.74, 6) is 0.898. The highest BCUT2D eigenvalue weighted by Gasteiger charge is 2.27. The standard InChI is InChI=1S/C24H26N2O3/c1-24(2,3)18-13-20-21(16-11-7-8-12-19(16)29-20)17(22(18)27)14-25-26-23(28)15-9-5-4-6-10-15/h4-6,9-10,13-14,27H,7-8,11-12H2,1-3H3,(H,26,28)/b25-14+. The second-order valence-electron chi connectivity index (χ2n) is 8.59. The lowest BCUT2D eigenvalue weighted by Crippen LogP contribution is -2.17. The Morgan fingerprint density at radius 1 is 1.17 bits per heavy atom. The molecular weight excluding hydrogens is 364 g/mol. The molecule has 0 spiro atoms. The number of aromatic hydroxyl groups is 1. The monoisotopic (exact) mass is 390 g/mol.